The number of hydrogen-bond donors (Lipinski definition) is 1. The van der Waals surface area contributed by atoms with Crippen LogP contribution in [0.25, 0.3) is 11.0 Å². The summed E-state index contributed by atoms with van der Waals surface area (Å²) >= 11 is 0. The van der Waals surface area contributed by atoms with E-state index in [2.05, 4.69) is 27.4 Å². The summed E-state index contributed by atoms with van der Waals surface area (Å²) in [5, 5.41) is 1.11. The Kier molecular flexibility index (Phi) is 5.36. The van der Waals surface area contributed by atoms with E-state index in [1.807, 2.05) is 19.1 Å². The number of nitrogens with one attached hydrogen (secondary N) is 1. The first-order valence-electron chi connectivity index (χ1n) is 7.47. The van der Waals surface area contributed by atoms with E-state index in [1.54, 1.807) is 6.20 Å². The molecule has 2 heterocycles. The van der Waals surface area contributed by atoms with E-state index in [4.69, 9.17) is 0 Å². The van der Waals surface area contributed by atoms with Crippen LogP contribution < -0.4 is 4.72 Å². The van der Waals surface area contributed by atoms with Gasteiger partial charge in [-0.2, -0.15) is 0 Å². The second-order valence-electron chi connectivity index (χ2n) is 5.19. The minimum absolute atomic E-state index is 0.187. The van der Waals surface area contributed by atoms with E-state index < -0.39 is 10.0 Å². The average molecular weight is 309 g/mol. The fourth-order valence-corrected chi connectivity index (χ4v) is 3.58. The van der Waals surface area contributed by atoms with Crippen LogP contribution in [-0.4, -0.2) is 30.3 Å². The van der Waals surface area contributed by atoms with Crippen molar-refractivity contribution in [2.24, 2.45) is 0 Å². The molecule has 0 saturated heterocycles. The maximum Gasteiger partial charge on any atom is 0.211 e. The highest BCUT2D eigenvalue weighted by Crippen LogP contribution is 2.20. The summed E-state index contributed by atoms with van der Waals surface area (Å²) in [5.41, 5.74) is 2.12. The van der Waals surface area contributed by atoms with Gasteiger partial charge in [-0.25, -0.2) is 18.1 Å². The van der Waals surface area contributed by atoms with Gasteiger partial charge in [-0.1, -0.05) is 13.8 Å². The van der Waals surface area contributed by atoms with Gasteiger partial charge in [-0.05, 0) is 37.0 Å². The number of fused-ring (bicyclic) bond motifs is 1. The number of sulfonamides is 1. The normalized spacial score (nSPS) is 12.1. The lowest BCUT2D eigenvalue weighted by Gasteiger charge is -2.04. The van der Waals surface area contributed by atoms with Crippen molar-refractivity contribution in [1.29, 1.82) is 0 Å². The second-order valence-corrected chi connectivity index (χ2v) is 7.11. The molecule has 5 nitrogen and oxygen atoms in total. The van der Waals surface area contributed by atoms with Crippen molar-refractivity contribution < 1.29 is 8.42 Å². The van der Waals surface area contributed by atoms with Gasteiger partial charge in [0.2, 0.25) is 10.0 Å². The summed E-state index contributed by atoms with van der Waals surface area (Å²) in [6.07, 6.45) is 6.25. The summed E-state index contributed by atoms with van der Waals surface area (Å²) in [5.74, 6) is 0.187. The van der Waals surface area contributed by atoms with Crippen LogP contribution in [0.5, 0.6) is 0 Å². The fraction of sp³-hybridized carbons (Fsp3) is 0.533. The first-order chi connectivity index (χ1) is 10.1. The highest BCUT2D eigenvalue weighted by Gasteiger charge is 2.11. The van der Waals surface area contributed by atoms with Gasteiger partial charge in [0.25, 0.3) is 0 Å². The molecule has 0 radical (unpaired) electrons. The molecule has 0 atom stereocenters. The smallest absolute Gasteiger partial charge is 0.211 e. The van der Waals surface area contributed by atoms with Crippen molar-refractivity contribution in [2.75, 3.05) is 12.3 Å². The molecule has 0 amide bonds. The molecule has 21 heavy (non-hydrogen) atoms. The van der Waals surface area contributed by atoms with E-state index in [9.17, 15) is 8.42 Å². The van der Waals surface area contributed by atoms with Crippen molar-refractivity contribution in [3.05, 3.63) is 30.1 Å². The molecule has 0 aliphatic carbocycles. The zero-order valence-electron chi connectivity index (χ0n) is 12.7. The Morgan fingerprint density at radius 3 is 2.81 bits per heavy atom. The monoisotopic (exact) mass is 309 g/mol. The maximum atomic E-state index is 11.7. The van der Waals surface area contributed by atoms with Gasteiger partial charge in [-0.15, -0.1) is 0 Å². The summed E-state index contributed by atoms with van der Waals surface area (Å²) in [6.45, 7) is 5.36. The minimum Gasteiger partial charge on any atom is -0.332 e. The molecular formula is C15H23N3O2S. The summed E-state index contributed by atoms with van der Waals surface area (Å²) < 4.78 is 28.1. The van der Waals surface area contributed by atoms with Gasteiger partial charge < -0.3 is 4.57 Å². The van der Waals surface area contributed by atoms with Gasteiger partial charge in [0.05, 0.1) is 5.75 Å². The molecule has 2 rings (SSSR count). The van der Waals surface area contributed by atoms with Crippen molar-refractivity contribution in [2.45, 2.75) is 39.7 Å². The molecule has 2 aromatic heterocycles. The molecule has 0 fully saturated rings. The number of pyridine rings is 1. The van der Waals surface area contributed by atoms with Crippen LogP contribution in [0.4, 0.5) is 0 Å². The van der Waals surface area contributed by atoms with Crippen molar-refractivity contribution >= 4 is 21.1 Å². The third-order valence-corrected chi connectivity index (χ3v) is 4.96. The molecule has 6 heteroatoms. The van der Waals surface area contributed by atoms with Crippen LogP contribution in [0.15, 0.2) is 24.5 Å². The lowest BCUT2D eigenvalue weighted by Crippen LogP contribution is -2.28. The average Bonchev–Trinajstić information content (AvgIpc) is 2.78. The molecule has 0 bridgehead atoms. The topological polar surface area (TPSA) is 64.0 Å². The lowest BCUT2D eigenvalue weighted by atomic mass is 10.2. The zero-order valence-corrected chi connectivity index (χ0v) is 13.5. The predicted molar refractivity (Wildman–Crippen MR) is 85.8 cm³/mol. The third kappa shape index (κ3) is 4.04. The summed E-state index contributed by atoms with van der Waals surface area (Å²) in [7, 11) is -3.13. The highest BCUT2D eigenvalue weighted by molar-refractivity contribution is 7.89. The van der Waals surface area contributed by atoms with Crippen molar-refractivity contribution in [3.8, 4) is 0 Å². The van der Waals surface area contributed by atoms with E-state index in [0.29, 0.717) is 19.4 Å². The second kappa shape index (κ2) is 7.04. The molecule has 0 saturated carbocycles. The number of nitrogens with zero attached hydrogens (tertiary/aromatic N) is 2. The van der Waals surface area contributed by atoms with Gasteiger partial charge >= 0.3 is 0 Å². The Balaban J connectivity index is 2.12. The number of aryl methyl sites for hydroxylation is 1. The molecule has 1 N–H and O–H groups in total. The van der Waals surface area contributed by atoms with Crippen LogP contribution in [0, 0.1) is 0 Å². The van der Waals surface area contributed by atoms with E-state index in [1.165, 1.54) is 0 Å². The number of rotatable bonds is 8. The third-order valence-electron chi connectivity index (χ3n) is 3.37. The van der Waals surface area contributed by atoms with Gasteiger partial charge in [-0.3, -0.25) is 0 Å². The minimum atomic E-state index is -3.13. The van der Waals surface area contributed by atoms with Crippen molar-refractivity contribution in [1.82, 2.24) is 14.3 Å². The first kappa shape index (κ1) is 16.0. The molecule has 116 valence electrons. The Morgan fingerprint density at radius 1 is 1.29 bits per heavy atom. The van der Waals surface area contributed by atoms with Crippen LogP contribution in [0.3, 0.4) is 0 Å². The predicted octanol–water partition coefficient (Wildman–Crippen LogP) is 2.32. The van der Waals surface area contributed by atoms with Gasteiger partial charge in [0.15, 0.2) is 0 Å². The Bertz CT molecular complexity index is 692. The summed E-state index contributed by atoms with van der Waals surface area (Å²) in [6, 6.07) is 3.97. The van der Waals surface area contributed by atoms with Crippen LogP contribution >= 0.6 is 0 Å². The first-order valence-corrected chi connectivity index (χ1v) is 9.12. The Labute approximate surface area is 126 Å². The lowest BCUT2D eigenvalue weighted by molar-refractivity contribution is 0.580. The van der Waals surface area contributed by atoms with E-state index in [0.717, 1.165) is 29.6 Å². The standard InChI is InChI=1S/C15H23N3O2S/c1-3-10-18-12-13(14-6-5-8-16-15(14)18)7-9-17-21(19,20)11-4-2/h5-6,8,12,17H,3-4,7,9-11H2,1-2H3. The zero-order chi connectivity index (χ0) is 15.3. The Morgan fingerprint density at radius 2 is 2.10 bits per heavy atom. The van der Waals surface area contributed by atoms with Gasteiger partial charge in [0.1, 0.15) is 5.65 Å². The molecule has 0 unspecified atom stereocenters. The van der Waals surface area contributed by atoms with E-state index in [-0.39, 0.29) is 5.75 Å². The van der Waals surface area contributed by atoms with Crippen LogP contribution in [0.2, 0.25) is 0 Å². The largest absolute Gasteiger partial charge is 0.332 e. The van der Waals surface area contributed by atoms with Crippen LogP contribution in [-0.2, 0) is 23.0 Å². The highest BCUT2D eigenvalue weighted by atomic mass is 32.2. The number of aromatic nitrogens is 2. The molecule has 0 spiro atoms. The molecule has 0 aromatic carbocycles. The molecule has 0 aliphatic heterocycles. The SMILES string of the molecule is CCCn1cc(CCNS(=O)(=O)CCC)c2cccnc21. The molecule has 2 aromatic rings. The van der Waals surface area contributed by atoms with Crippen molar-refractivity contribution in [3.63, 3.8) is 0 Å². The van der Waals surface area contributed by atoms with E-state index >= 15 is 0 Å². The maximum absolute atomic E-state index is 11.7. The molecular weight excluding hydrogens is 286 g/mol. The fourth-order valence-electron chi connectivity index (χ4n) is 2.49. The number of hydrogen-bond acceptors (Lipinski definition) is 3. The van der Waals surface area contributed by atoms with Gasteiger partial charge in [0, 0.05) is 30.9 Å². The summed E-state index contributed by atoms with van der Waals surface area (Å²) in [4.78, 5) is 4.43. The Hall–Kier alpha value is -1.40. The van der Waals surface area contributed by atoms with Crippen LogP contribution in [0.1, 0.15) is 32.3 Å². The quantitative estimate of drug-likeness (QED) is 0.814. The molecule has 0 aliphatic rings.